The summed E-state index contributed by atoms with van der Waals surface area (Å²) in [5, 5.41) is 19.0. The largest absolute Gasteiger partial charge is 0.497 e. The minimum atomic E-state index is -0.715. The van der Waals surface area contributed by atoms with Gasteiger partial charge < -0.3 is 9.84 Å². The SMILES string of the molecule is COc1cccc(C(O)c2ccc(C#N)cc2)c1. The Morgan fingerprint density at radius 2 is 1.83 bits per heavy atom. The van der Waals surface area contributed by atoms with Gasteiger partial charge in [0.25, 0.3) is 0 Å². The summed E-state index contributed by atoms with van der Waals surface area (Å²) in [5.74, 6) is 0.709. The first-order valence-electron chi connectivity index (χ1n) is 5.56. The molecule has 0 aliphatic carbocycles. The molecular weight excluding hydrogens is 226 g/mol. The minimum absolute atomic E-state index is 0.580. The highest BCUT2D eigenvalue weighted by molar-refractivity contribution is 5.38. The highest BCUT2D eigenvalue weighted by Gasteiger charge is 2.10. The van der Waals surface area contributed by atoms with Crippen LogP contribution in [-0.2, 0) is 0 Å². The third kappa shape index (κ3) is 2.50. The van der Waals surface area contributed by atoms with Gasteiger partial charge in [-0.25, -0.2) is 0 Å². The fraction of sp³-hybridized carbons (Fsp3) is 0.133. The summed E-state index contributed by atoms with van der Waals surface area (Å²) in [6, 6.07) is 16.2. The third-order valence-electron chi connectivity index (χ3n) is 2.77. The van der Waals surface area contributed by atoms with E-state index in [1.54, 1.807) is 37.4 Å². The van der Waals surface area contributed by atoms with Crippen molar-refractivity contribution in [3.05, 3.63) is 65.2 Å². The van der Waals surface area contributed by atoms with Crippen molar-refractivity contribution in [3.63, 3.8) is 0 Å². The van der Waals surface area contributed by atoms with Gasteiger partial charge in [0.1, 0.15) is 11.9 Å². The van der Waals surface area contributed by atoms with Crippen molar-refractivity contribution in [1.29, 1.82) is 5.26 Å². The fourth-order valence-electron chi connectivity index (χ4n) is 1.74. The van der Waals surface area contributed by atoms with E-state index in [0.717, 1.165) is 11.1 Å². The van der Waals surface area contributed by atoms with Crippen LogP contribution in [-0.4, -0.2) is 12.2 Å². The number of hydrogen-bond donors (Lipinski definition) is 1. The average molecular weight is 239 g/mol. The standard InChI is InChI=1S/C15H13NO2/c1-18-14-4-2-3-13(9-14)15(17)12-7-5-11(10-16)6-8-12/h2-9,15,17H,1H3. The molecule has 0 saturated carbocycles. The van der Waals surface area contributed by atoms with Gasteiger partial charge >= 0.3 is 0 Å². The normalized spacial score (nSPS) is 11.6. The van der Waals surface area contributed by atoms with Crippen molar-refractivity contribution < 1.29 is 9.84 Å². The Morgan fingerprint density at radius 3 is 2.44 bits per heavy atom. The van der Waals surface area contributed by atoms with E-state index in [1.807, 2.05) is 24.3 Å². The van der Waals surface area contributed by atoms with Crippen LogP contribution in [0.2, 0.25) is 0 Å². The Labute approximate surface area is 106 Å². The Morgan fingerprint density at radius 1 is 1.11 bits per heavy atom. The molecule has 0 fully saturated rings. The predicted molar refractivity (Wildman–Crippen MR) is 68.2 cm³/mol. The lowest BCUT2D eigenvalue weighted by atomic mass is 10.0. The number of rotatable bonds is 3. The van der Waals surface area contributed by atoms with Crippen LogP contribution in [0.4, 0.5) is 0 Å². The van der Waals surface area contributed by atoms with Gasteiger partial charge in [-0.1, -0.05) is 24.3 Å². The molecule has 1 N–H and O–H groups in total. The maximum absolute atomic E-state index is 10.2. The van der Waals surface area contributed by atoms with Crippen LogP contribution < -0.4 is 4.74 Å². The summed E-state index contributed by atoms with van der Waals surface area (Å²) >= 11 is 0. The highest BCUT2D eigenvalue weighted by atomic mass is 16.5. The fourth-order valence-corrected chi connectivity index (χ4v) is 1.74. The van der Waals surface area contributed by atoms with Crippen LogP contribution in [0.25, 0.3) is 0 Å². The number of benzene rings is 2. The van der Waals surface area contributed by atoms with Gasteiger partial charge in [-0.15, -0.1) is 0 Å². The molecule has 0 spiro atoms. The quantitative estimate of drug-likeness (QED) is 0.895. The summed E-state index contributed by atoms with van der Waals surface area (Å²) in [6.45, 7) is 0. The molecule has 2 rings (SSSR count). The molecule has 0 aliphatic heterocycles. The molecule has 0 amide bonds. The van der Waals surface area contributed by atoms with E-state index in [2.05, 4.69) is 0 Å². The van der Waals surface area contributed by atoms with Crippen molar-refractivity contribution in [2.45, 2.75) is 6.10 Å². The molecule has 3 heteroatoms. The molecule has 0 saturated heterocycles. The van der Waals surface area contributed by atoms with Gasteiger partial charge in [0.15, 0.2) is 0 Å². The van der Waals surface area contributed by atoms with E-state index in [4.69, 9.17) is 10.00 Å². The maximum Gasteiger partial charge on any atom is 0.119 e. The van der Waals surface area contributed by atoms with Crippen LogP contribution in [0.5, 0.6) is 5.75 Å². The zero-order chi connectivity index (χ0) is 13.0. The molecule has 0 heterocycles. The highest BCUT2D eigenvalue weighted by Crippen LogP contribution is 2.25. The topological polar surface area (TPSA) is 53.2 Å². The van der Waals surface area contributed by atoms with Crippen LogP contribution in [0.3, 0.4) is 0 Å². The molecule has 3 nitrogen and oxygen atoms in total. The van der Waals surface area contributed by atoms with Crippen molar-refractivity contribution in [1.82, 2.24) is 0 Å². The van der Waals surface area contributed by atoms with Gasteiger partial charge in [-0.3, -0.25) is 0 Å². The monoisotopic (exact) mass is 239 g/mol. The van der Waals surface area contributed by atoms with E-state index >= 15 is 0 Å². The first kappa shape index (κ1) is 12.2. The molecule has 1 atom stereocenters. The zero-order valence-electron chi connectivity index (χ0n) is 10.00. The van der Waals surface area contributed by atoms with Gasteiger partial charge in [0, 0.05) is 0 Å². The second-order valence-electron chi connectivity index (χ2n) is 3.91. The first-order chi connectivity index (χ1) is 8.74. The summed E-state index contributed by atoms with van der Waals surface area (Å²) in [4.78, 5) is 0. The third-order valence-corrected chi connectivity index (χ3v) is 2.77. The molecule has 0 radical (unpaired) electrons. The van der Waals surface area contributed by atoms with Gasteiger partial charge in [-0.2, -0.15) is 5.26 Å². The van der Waals surface area contributed by atoms with Gasteiger partial charge in [0.2, 0.25) is 0 Å². The lowest BCUT2D eigenvalue weighted by Gasteiger charge is -2.12. The van der Waals surface area contributed by atoms with Gasteiger partial charge in [-0.05, 0) is 35.4 Å². The lowest BCUT2D eigenvalue weighted by Crippen LogP contribution is -1.99. The summed E-state index contributed by atoms with van der Waals surface area (Å²) < 4.78 is 5.12. The van der Waals surface area contributed by atoms with Crippen LogP contribution >= 0.6 is 0 Å². The number of aliphatic hydroxyl groups is 1. The Kier molecular flexibility index (Phi) is 3.61. The number of aliphatic hydroxyl groups excluding tert-OH is 1. The number of hydrogen-bond acceptors (Lipinski definition) is 3. The number of ether oxygens (including phenoxy) is 1. The summed E-state index contributed by atoms with van der Waals surface area (Å²) in [5.41, 5.74) is 2.10. The molecule has 18 heavy (non-hydrogen) atoms. The molecular formula is C15H13NO2. The molecule has 2 aromatic rings. The van der Waals surface area contributed by atoms with E-state index in [1.165, 1.54) is 0 Å². The van der Waals surface area contributed by atoms with Crippen molar-refractivity contribution in [2.24, 2.45) is 0 Å². The number of nitrogens with zero attached hydrogens (tertiary/aromatic N) is 1. The van der Waals surface area contributed by atoms with E-state index < -0.39 is 6.10 Å². The molecule has 1 unspecified atom stereocenters. The zero-order valence-corrected chi connectivity index (χ0v) is 10.00. The van der Waals surface area contributed by atoms with E-state index in [9.17, 15) is 5.11 Å². The van der Waals surface area contributed by atoms with Crippen LogP contribution in [0.1, 0.15) is 22.8 Å². The molecule has 0 aromatic heterocycles. The average Bonchev–Trinajstić information content (AvgIpc) is 2.46. The summed E-state index contributed by atoms with van der Waals surface area (Å²) in [6.07, 6.45) is -0.715. The van der Waals surface area contributed by atoms with Crippen molar-refractivity contribution in [2.75, 3.05) is 7.11 Å². The minimum Gasteiger partial charge on any atom is -0.497 e. The number of nitriles is 1. The molecule has 0 aliphatic rings. The van der Waals surface area contributed by atoms with Crippen molar-refractivity contribution >= 4 is 0 Å². The summed E-state index contributed by atoms with van der Waals surface area (Å²) in [7, 11) is 1.59. The maximum atomic E-state index is 10.2. The molecule has 90 valence electrons. The molecule has 0 bridgehead atoms. The predicted octanol–water partition coefficient (Wildman–Crippen LogP) is 2.65. The number of methoxy groups -OCH3 is 1. The second kappa shape index (κ2) is 5.35. The Bertz CT molecular complexity index is 570. The van der Waals surface area contributed by atoms with Crippen molar-refractivity contribution in [3.8, 4) is 11.8 Å². The van der Waals surface area contributed by atoms with E-state index in [0.29, 0.717) is 11.3 Å². The van der Waals surface area contributed by atoms with Crippen LogP contribution in [0, 0.1) is 11.3 Å². The van der Waals surface area contributed by atoms with Gasteiger partial charge in [0.05, 0.1) is 18.7 Å². The second-order valence-corrected chi connectivity index (χ2v) is 3.91. The van der Waals surface area contributed by atoms with Crippen LogP contribution in [0.15, 0.2) is 48.5 Å². The Balaban J connectivity index is 2.29. The smallest absolute Gasteiger partial charge is 0.119 e. The first-order valence-corrected chi connectivity index (χ1v) is 5.56. The molecule has 2 aromatic carbocycles. The lowest BCUT2D eigenvalue weighted by molar-refractivity contribution is 0.220. The Hall–Kier alpha value is -2.31. The van der Waals surface area contributed by atoms with E-state index in [-0.39, 0.29) is 0 Å².